The fourth-order valence-corrected chi connectivity index (χ4v) is 1.88. The van der Waals surface area contributed by atoms with Crippen molar-refractivity contribution < 1.29 is 14.3 Å². The molecule has 1 aromatic rings. The molecule has 0 spiro atoms. The molecule has 0 aromatic heterocycles. The first-order chi connectivity index (χ1) is 9.52. The van der Waals surface area contributed by atoms with Crippen LogP contribution >= 0.6 is 0 Å². The Labute approximate surface area is 121 Å². The molecule has 0 aliphatic rings. The van der Waals surface area contributed by atoms with E-state index in [1.165, 1.54) is 5.56 Å². The van der Waals surface area contributed by atoms with Crippen LogP contribution in [0.4, 0.5) is 0 Å². The maximum Gasteiger partial charge on any atom is 0.320 e. The first-order valence-corrected chi connectivity index (χ1v) is 7.12. The second kappa shape index (κ2) is 8.59. The summed E-state index contributed by atoms with van der Waals surface area (Å²) in [5, 5.41) is 0. The van der Waals surface area contributed by atoms with Crippen molar-refractivity contribution in [1.82, 2.24) is 4.90 Å². The van der Waals surface area contributed by atoms with E-state index in [2.05, 4.69) is 13.8 Å². The van der Waals surface area contributed by atoms with Crippen molar-refractivity contribution in [3.63, 3.8) is 0 Å². The van der Waals surface area contributed by atoms with Crippen LogP contribution in [0.5, 0.6) is 5.75 Å². The van der Waals surface area contributed by atoms with Crippen LogP contribution in [0, 0.1) is 6.92 Å². The van der Waals surface area contributed by atoms with Crippen molar-refractivity contribution in [1.29, 1.82) is 0 Å². The van der Waals surface area contributed by atoms with E-state index >= 15 is 0 Å². The summed E-state index contributed by atoms with van der Waals surface area (Å²) in [6, 6.07) is 8.24. The predicted octanol–water partition coefficient (Wildman–Crippen LogP) is 2.65. The number of hydrogen-bond acceptors (Lipinski definition) is 4. The SMILES string of the molecule is CCOC(=O)CN(CCOc1cccc(C)c1)C(C)C. The molecule has 20 heavy (non-hydrogen) atoms. The van der Waals surface area contributed by atoms with Crippen LogP contribution in [0.2, 0.25) is 0 Å². The number of carbonyl (C=O) groups excluding carboxylic acids is 1. The largest absolute Gasteiger partial charge is 0.492 e. The van der Waals surface area contributed by atoms with Gasteiger partial charge in [-0.15, -0.1) is 0 Å². The number of aryl methyl sites for hydroxylation is 1. The third-order valence-electron chi connectivity index (χ3n) is 3.00. The number of carbonyl (C=O) groups is 1. The van der Waals surface area contributed by atoms with Gasteiger partial charge in [0.2, 0.25) is 0 Å². The van der Waals surface area contributed by atoms with Crippen molar-refractivity contribution in [2.75, 3.05) is 26.3 Å². The quantitative estimate of drug-likeness (QED) is 0.686. The molecule has 0 aliphatic carbocycles. The lowest BCUT2D eigenvalue weighted by Gasteiger charge is -2.25. The van der Waals surface area contributed by atoms with E-state index in [4.69, 9.17) is 9.47 Å². The zero-order chi connectivity index (χ0) is 15.0. The number of hydrogen-bond donors (Lipinski definition) is 0. The third-order valence-corrected chi connectivity index (χ3v) is 3.00. The summed E-state index contributed by atoms with van der Waals surface area (Å²) in [4.78, 5) is 13.6. The highest BCUT2D eigenvalue weighted by Crippen LogP contribution is 2.12. The fraction of sp³-hybridized carbons (Fsp3) is 0.562. The maximum atomic E-state index is 11.5. The van der Waals surface area contributed by atoms with E-state index < -0.39 is 0 Å². The summed E-state index contributed by atoms with van der Waals surface area (Å²) in [6.45, 7) is 9.96. The number of nitrogens with zero attached hydrogens (tertiary/aromatic N) is 1. The topological polar surface area (TPSA) is 38.8 Å². The highest BCUT2D eigenvalue weighted by atomic mass is 16.5. The number of ether oxygens (including phenoxy) is 2. The molecule has 0 fully saturated rings. The molecule has 0 saturated carbocycles. The highest BCUT2D eigenvalue weighted by molar-refractivity contribution is 5.71. The van der Waals surface area contributed by atoms with Crippen LogP contribution in [-0.2, 0) is 9.53 Å². The molecular formula is C16H25NO3. The normalized spacial score (nSPS) is 10.9. The molecular weight excluding hydrogens is 254 g/mol. The minimum atomic E-state index is -0.184. The summed E-state index contributed by atoms with van der Waals surface area (Å²) in [7, 11) is 0. The molecule has 1 aromatic carbocycles. The number of esters is 1. The summed E-state index contributed by atoms with van der Waals surface area (Å²) in [5.41, 5.74) is 1.18. The van der Waals surface area contributed by atoms with Crippen LogP contribution < -0.4 is 4.74 Å². The predicted molar refractivity (Wildman–Crippen MR) is 80.0 cm³/mol. The van der Waals surface area contributed by atoms with E-state index in [-0.39, 0.29) is 12.0 Å². The van der Waals surface area contributed by atoms with Gasteiger partial charge in [-0.25, -0.2) is 0 Å². The fourth-order valence-electron chi connectivity index (χ4n) is 1.88. The number of benzene rings is 1. The van der Waals surface area contributed by atoms with Gasteiger partial charge in [-0.2, -0.15) is 0 Å². The van der Waals surface area contributed by atoms with Gasteiger partial charge in [0.15, 0.2) is 0 Å². The molecule has 4 heteroatoms. The van der Waals surface area contributed by atoms with Gasteiger partial charge in [-0.05, 0) is 45.4 Å². The van der Waals surface area contributed by atoms with Crippen molar-refractivity contribution in [2.24, 2.45) is 0 Å². The molecule has 1 rings (SSSR count). The Kier molecular flexibility index (Phi) is 7.09. The first-order valence-electron chi connectivity index (χ1n) is 7.12. The Balaban J connectivity index is 2.41. The molecule has 4 nitrogen and oxygen atoms in total. The summed E-state index contributed by atoms with van der Waals surface area (Å²) >= 11 is 0. The minimum absolute atomic E-state index is 0.184. The van der Waals surface area contributed by atoms with E-state index in [0.29, 0.717) is 26.3 Å². The smallest absolute Gasteiger partial charge is 0.320 e. The van der Waals surface area contributed by atoms with Crippen LogP contribution in [-0.4, -0.2) is 43.2 Å². The van der Waals surface area contributed by atoms with Gasteiger partial charge >= 0.3 is 5.97 Å². The standard InChI is InChI=1S/C16H25NO3/c1-5-19-16(18)12-17(13(2)3)9-10-20-15-8-6-7-14(4)11-15/h6-8,11,13H,5,9-10,12H2,1-4H3. The summed E-state index contributed by atoms with van der Waals surface area (Å²) in [6.07, 6.45) is 0. The van der Waals surface area contributed by atoms with Crippen LogP contribution in [0.25, 0.3) is 0 Å². The van der Waals surface area contributed by atoms with Crippen molar-refractivity contribution >= 4 is 5.97 Å². The zero-order valence-corrected chi connectivity index (χ0v) is 12.9. The van der Waals surface area contributed by atoms with Gasteiger partial charge in [-0.1, -0.05) is 12.1 Å². The number of rotatable bonds is 8. The molecule has 0 radical (unpaired) electrons. The lowest BCUT2D eigenvalue weighted by atomic mass is 10.2. The molecule has 0 unspecified atom stereocenters. The third kappa shape index (κ3) is 6.06. The molecule has 0 aliphatic heterocycles. The van der Waals surface area contributed by atoms with Gasteiger partial charge < -0.3 is 9.47 Å². The summed E-state index contributed by atoms with van der Waals surface area (Å²) < 4.78 is 10.7. The summed E-state index contributed by atoms with van der Waals surface area (Å²) in [5.74, 6) is 0.682. The Morgan fingerprint density at radius 3 is 2.70 bits per heavy atom. The average molecular weight is 279 g/mol. The second-order valence-electron chi connectivity index (χ2n) is 5.03. The van der Waals surface area contributed by atoms with E-state index in [0.717, 1.165) is 5.75 Å². The van der Waals surface area contributed by atoms with Gasteiger partial charge in [0.25, 0.3) is 0 Å². The van der Waals surface area contributed by atoms with Crippen LogP contribution in [0.3, 0.4) is 0 Å². The Morgan fingerprint density at radius 2 is 2.10 bits per heavy atom. The van der Waals surface area contributed by atoms with E-state index in [1.807, 2.05) is 43.0 Å². The Morgan fingerprint density at radius 1 is 1.35 bits per heavy atom. The van der Waals surface area contributed by atoms with E-state index in [1.54, 1.807) is 0 Å². The van der Waals surface area contributed by atoms with Crippen LogP contribution in [0.1, 0.15) is 26.3 Å². The maximum absolute atomic E-state index is 11.5. The highest BCUT2D eigenvalue weighted by Gasteiger charge is 2.14. The second-order valence-corrected chi connectivity index (χ2v) is 5.03. The van der Waals surface area contributed by atoms with Gasteiger partial charge in [0, 0.05) is 12.6 Å². The Bertz CT molecular complexity index is 418. The van der Waals surface area contributed by atoms with E-state index in [9.17, 15) is 4.79 Å². The van der Waals surface area contributed by atoms with Crippen molar-refractivity contribution in [3.05, 3.63) is 29.8 Å². The Hall–Kier alpha value is -1.55. The van der Waals surface area contributed by atoms with Gasteiger partial charge in [0.1, 0.15) is 12.4 Å². The molecule has 0 atom stereocenters. The zero-order valence-electron chi connectivity index (χ0n) is 12.9. The van der Waals surface area contributed by atoms with Crippen molar-refractivity contribution in [3.8, 4) is 5.75 Å². The first kappa shape index (κ1) is 16.5. The lowest BCUT2D eigenvalue weighted by molar-refractivity contribution is -0.145. The van der Waals surface area contributed by atoms with Gasteiger partial charge in [0.05, 0.1) is 13.2 Å². The average Bonchev–Trinajstić information content (AvgIpc) is 2.37. The molecule has 112 valence electrons. The molecule has 0 saturated heterocycles. The minimum Gasteiger partial charge on any atom is -0.492 e. The monoisotopic (exact) mass is 279 g/mol. The van der Waals surface area contributed by atoms with Crippen LogP contribution in [0.15, 0.2) is 24.3 Å². The molecule has 0 bridgehead atoms. The molecule has 0 amide bonds. The molecule has 0 N–H and O–H groups in total. The lowest BCUT2D eigenvalue weighted by Crippen LogP contribution is -2.39. The molecule has 0 heterocycles. The van der Waals surface area contributed by atoms with Gasteiger partial charge in [-0.3, -0.25) is 9.69 Å². The van der Waals surface area contributed by atoms with Crippen molar-refractivity contribution in [2.45, 2.75) is 33.7 Å².